The van der Waals surface area contributed by atoms with Gasteiger partial charge >= 0.3 is 0 Å². The Morgan fingerprint density at radius 1 is 1.53 bits per heavy atom. The third-order valence-electron chi connectivity index (χ3n) is 2.20. The molecule has 4 nitrogen and oxygen atoms in total. The van der Waals surface area contributed by atoms with E-state index in [4.69, 9.17) is 22.7 Å². The predicted molar refractivity (Wildman–Crippen MR) is 64.7 cm³/mol. The Kier molecular flexibility index (Phi) is 7.25. The average Bonchev–Trinajstić information content (AvgIpc) is 2.18. The van der Waals surface area contributed by atoms with E-state index in [1.807, 2.05) is 13.8 Å². The molecule has 15 heavy (non-hydrogen) atoms. The number of thiocarbonyl (C=S) groups is 1. The molecule has 0 radical (unpaired) electrons. The van der Waals surface area contributed by atoms with Gasteiger partial charge in [-0.05, 0) is 13.3 Å². The van der Waals surface area contributed by atoms with E-state index >= 15 is 0 Å². The Labute approximate surface area is 96.8 Å². The van der Waals surface area contributed by atoms with Crippen molar-refractivity contribution >= 4 is 23.1 Å². The number of rotatable bonds is 7. The van der Waals surface area contributed by atoms with Crippen LogP contribution in [0.1, 0.15) is 20.3 Å². The van der Waals surface area contributed by atoms with E-state index in [1.54, 1.807) is 11.9 Å². The molecule has 0 spiro atoms. The van der Waals surface area contributed by atoms with Crippen LogP contribution in [0.3, 0.4) is 0 Å². The van der Waals surface area contributed by atoms with Crippen LogP contribution >= 0.6 is 12.2 Å². The molecule has 0 aliphatic heterocycles. The van der Waals surface area contributed by atoms with Crippen molar-refractivity contribution in [2.24, 2.45) is 11.7 Å². The monoisotopic (exact) mass is 232 g/mol. The Morgan fingerprint density at radius 3 is 2.53 bits per heavy atom. The standard InChI is InChI=1S/C10H20N2O2S/c1-4-8(9(11)15)10(13)12(3)6-7-14-5-2/h8H,4-7H2,1-3H3,(H2,11,15). The van der Waals surface area contributed by atoms with Crippen LogP contribution in [-0.2, 0) is 9.53 Å². The van der Waals surface area contributed by atoms with Crippen LogP contribution in [0.25, 0.3) is 0 Å². The van der Waals surface area contributed by atoms with E-state index < -0.39 is 0 Å². The highest BCUT2D eigenvalue weighted by molar-refractivity contribution is 7.80. The number of amides is 1. The van der Waals surface area contributed by atoms with Crippen molar-refractivity contribution in [3.8, 4) is 0 Å². The summed E-state index contributed by atoms with van der Waals surface area (Å²) >= 11 is 4.85. The van der Waals surface area contributed by atoms with Gasteiger partial charge in [0.25, 0.3) is 0 Å². The first kappa shape index (κ1) is 14.3. The molecule has 0 aromatic rings. The fourth-order valence-corrected chi connectivity index (χ4v) is 1.49. The molecular weight excluding hydrogens is 212 g/mol. The summed E-state index contributed by atoms with van der Waals surface area (Å²) in [7, 11) is 1.74. The van der Waals surface area contributed by atoms with Crippen LogP contribution in [-0.4, -0.2) is 42.6 Å². The maximum Gasteiger partial charge on any atom is 0.232 e. The van der Waals surface area contributed by atoms with Crippen molar-refractivity contribution in [1.29, 1.82) is 0 Å². The fraction of sp³-hybridized carbons (Fsp3) is 0.800. The maximum absolute atomic E-state index is 11.8. The second-order valence-electron chi connectivity index (χ2n) is 3.32. The lowest BCUT2D eigenvalue weighted by Gasteiger charge is -2.22. The Morgan fingerprint density at radius 2 is 2.13 bits per heavy atom. The first-order valence-electron chi connectivity index (χ1n) is 5.16. The van der Waals surface area contributed by atoms with Crippen molar-refractivity contribution in [2.75, 3.05) is 26.8 Å². The molecule has 88 valence electrons. The van der Waals surface area contributed by atoms with Gasteiger partial charge < -0.3 is 15.4 Å². The first-order chi connectivity index (χ1) is 7.04. The molecule has 0 saturated heterocycles. The van der Waals surface area contributed by atoms with E-state index in [9.17, 15) is 4.79 Å². The molecule has 5 heteroatoms. The maximum atomic E-state index is 11.8. The summed E-state index contributed by atoms with van der Waals surface area (Å²) in [5, 5.41) is 0. The summed E-state index contributed by atoms with van der Waals surface area (Å²) < 4.78 is 5.17. The molecule has 0 aliphatic rings. The van der Waals surface area contributed by atoms with Gasteiger partial charge in [-0.15, -0.1) is 0 Å². The molecule has 1 atom stereocenters. The van der Waals surface area contributed by atoms with Gasteiger partial charge in [0.15, 0.2) is 0 Å². The Bertz CT molecular complexity index is 221. The Hall–Kier alpha value is -0.680. The van der Waals surface area contributed by atoms with Crippen molar-refractivity contribution in [3.05, 3.63) is 0 Å². The highest BCUT2D eigenvalue weighted by Crippen LogP contribution is 2.07. The van der Waals surface area contributed by atoms with Crippen molar-refractivity contribution < 1.29 is 9.53 Å². The van der Waals surface area contributed by atoms with Crippen LogP contribution in [0.5, 0.6) is 0 Å². The number of ether oxygens (including phenoxy) is 1. The minimum absolute atomic E-state index is 0.0234. The highest BCUT2D eigenvalue weighted by Gasteiger charge is 2.22. The fourth-order valence-electron chi connectivity index (χ4n) is 1.22. The molecule has 0 heterocycles. The van der Waals surface area contributed by atoms with Gasteiger partial charge in [-0.25, -0.2) is 0 Å². The minimum atomic E-state index is -0.341. The number of hydrogen-bond acceptors (Lipinski definition) is 3. The van der Waals surface area contributed by atoms with Gasteiger partial charge in [0.05, 0.1) is 17.5 Å². The number of carbonyl (C=O) groups is 1. The molecule has 0 rings (SSSR count). The number of nitrogens with zero attached hydrogens (tertiary/aromatic N) is 1. The SMILES string of the molecule is CCOCCN(C)C(=O)C(CC)C(N)=S. The lowest BCUT2D eigenvalue weighted by molar-refractivity contribution is -0.132. The number of nitrogens with two attached hydrogens (primary N) is 1. The van der Waals surface area contributed by atoms with Crippen molar-refractivity contribution in [1.82, 2.24) is 4.90 Å². The summed E-state index contributed by atoms with van der Waals surface area (Å²) in [5.74, 6) is -0.365. The molecule has 1 amide bonds. The summed E-state index contributed by atoms with van der Waals surface area (Å²) in [5.41, 5.74) is 5.49. The smallest absolute Gasteiger partial charge is 0.232 e. The summed E-state index contributed by atoms with van der Waals surface area (Å²) in [6, 6.07) is 0. The zero-order chi connectivity index (χ0) is 11.8. The topological polar surface area (TPSA) is 55.6 Å². The second kappa shape index (κ2) is 7.59. The van der Waals surface area contributed by atoms with Crippen LogP contribution in [0.4, 0.5) is 0 Å². The first-order valence-corrected chi connectivity index (χ1v) is 5.57. The van der Waals surface area contributed by atoms with E-state index in [0.29, 0.717) is 26.2 Å². The molecule has 0 bridgehead atoms. The summed E-state index contributed by atoms with van der Waals surface area (Å²) in [6.45, 7) is 5.61. The van der Waals surface area contributed by atoms with Gasteiger partial charge in [0, 0.05) is 20.2 Å². The van der Waals surface area contributed by atoms with Crippen LogP contribution in [0.15, 0.2) is 0 Å². The molecule has 0 fully saturated rings. The zero-order valence-electron chi connectivity index (χ0n) is 9.66. The van der Waals surface area contributed by atoms with E-state index in [1.165, 1.54) is 0 Å². The van der Waals surface area contributed by atoms with Gasteiger partial charge in [0.2, 0.25) is 5.91 Å². The van der Waals surface area contributed by atoms with Crippen molar-refractivity contribution in [2.45, 2.75) is 20.3 Å². The van der Waals surface area contributed by atoms with Crippen LogP contribution in [0, 0.1) is 5.92 Å². The van der Waals surface area contributed by atoms with Gasteiger partial charge in [-0.2, -0.15) is 0 Å². The van der Waals surface area contributed by atoms with Crippen molar-refractivity contribution in [3.63, 3.8) is 0 Å². The summed E-state index contributed by atoms with van der Waals surface area (Å²) in [6.07, 6.45) is 0.646. The molecule has 2 N–H and O–H groups in total. The number of hydrogen-bond donors (Lipinski definition) is 1. The lowest BCUT2D eigenvalue weighted by atomic mass is 10.1. The van der Waals surface area contributed by atoms with Gasteiger partial charge in [-0.1, -0.05) is 19.1 Å². The second-order valence-corrected chi connectivity index (χ2v) is 3.79. The minimum Gasteiger partial charge on any atom is -0.393 e. The quantitative estimate of drug-likeness (QED) is 0.521. The third kappa shape index (κ3) is 5.09. The molecule has 0 aromatic heterocycles. The zero-order valence-corrected chi connectivity index (χ0v) is 10.5. The summed E-state index contributed by atoms with van der Waals surface area (Å²) in [4.78, 5) is 13.7. The Balaban J connectivity index is 4.11. The van der Waals surface area contributed by atoms with E-state index in [2.05, 4.69) is 0 Å². The van der Waals surface area contributed by atoms with E-state index in [0.717, 1.165) is 0 Å². The molecule has 0 saturated carbocycles. The van der Waals surface area contributed by atoms with Crippen LogP contribution < -0.4 is 5.73 Å². The van der Waals surface area contributed by atoms with Gasteiger partial charge in [-0.3, -0.25) is 4.79 Å². The largest absolute Gasteiger partial charge is 0.393 e. The predicted octanol–water partition coefficient (Wildman–Crippen LogP) is 0.794. The lowest BCUT2D eigenvalue weighted by Crippen LogP contribution is -2.40. The highest BCUT2D eigenvalue weighted by atomic mass is 32.1. The van der Waals surface area contributed by atoms with E-state index in [-0.39, 0.29) is 16.8 Å². The molecule has 0 aromatic carbocycles. The third-order valence-corrected chi connectivity index (χ3v) is 2.49. The number of carbonyl (C=O) groups excluding carboxylic acids is 1. The molecular formula is C10H20N2O2S. The molecule has 0 aliphatic carbocycles. The molecule has 1 unspecified atom stereocenters. The number of likely N-dealkylation sites (N-methyl/N-ethyl adjacent to an activating group) is 1. The van der Waals surface area contributed by atoms with Gasteiger partial charge in [0.1, 0.15) is 0 Å². The van der Waals surface area contributed by atoms with Crippen LogP contribution in [0.2, 0.25) is 0 Å². The normalized spacial score (nSPS) is 12.2. The average molecular weight is 232 g/mol.